The molecular weight excluding hydrogens is 546 g/mol. The lowest BCUT2D eigenvalue weighted by atomic mass is 10.1. The zero-order valence-electron chi connectivity index (χ0n) is 21.2. The third-order valence-corrected chi connectivity index (χ3v) is 8.13. The fourth-order valence-corrected chi connectivity index (χ4v) is 5.90. The van der Waals surface area contributed by atoms with Crippen molar-refractivity contribution < 1.29 is 24.2 Å². The SMILES string of the molecule is COc1ccc2nc(NC(=O)C(Sc3ccc(NC(=O)c4ccccc4C(=O)O)cc3)c3ccccc3)sc2c1. The molecule has 0 aliphatic rings. The van der Waals surface area contributed by atoms with Gasteiger partial charge in [0.1, 0.15) is 11.0 Å². The highest BCUT2D eigenvalue weighted by molar-refractivity contribution is 8.00. The molecule has 1 heterocycles. The number of benzene rings is 4. The minimum Gasteiger partial charge on any atom is -0.497 e. The highest BCUT2D eigenvalue weighted by atomic mass is 32.2. The van der Waals surface area contributed by atoms with E-state index in [0.29, 0.717) is 10.8 Å². The van der Waals surface area contributed by atoms with Gasteiger partial charge in [0.15, 0.2) is 5.13 Å². The average molecular weight is 570 g/mol. The number of amides is 2. The van der Waals surface area contributed by atoms with Gasteiger partial charge >= 0.3 is 5.97 Å². The van der Waals surface area contributed by atoms with Crippen LogP contribution >= 0.6 is 23.1 Å². The van der Waals surface area contributed by atoms with E-state index in [4.69, 9.17) is 4.74 Å². The summed E-state index contributed by atoms with van der Waals surface area (Å²) in [5.41, 5.74) is 2.10. The second kappa shape index (κ2) is 12.0. The van der Waals surface area contributed by atoms with Gasteiger partial charge in [-0.05, 0) is 60.2 Å². The Morgan fingerprint density at radius 2 is 1.57 bits per heavy atom. The Balaban J connectivity index is 1.32. The standard InChI is InChI=1S/C30H23N3O5S2/c1-38-20-13-16-24-25(17-20)40-30(32-24)33-28(35)26(18-7-3-2-4-8-18)39-21-14-11-19(12-15-21)31-27(34)22-9-5-6-10-23(22)29(36)37/h2-17,26H,1H3,(H,31,34)(H,36,37)(H,32,33,35). The molecule has 4 aromatic carbocycles. The molecule has 2 amide bonds. The smallest absolute Gasteiger partial charge is 0.336 e. The molecule has 8 nitrogen and oxygen atoms in total. The first kappa shape index (κ1) is 26.9. The van der Waals surface area contributed by atoms with Crippen molar-refractivity contribution in [2.24, 2.45) is 0 Å². The van der Waals surface area contributed by atoms with Crippen LogP contribution in [0.15, 0.2) is 102 Å². The minimum atomic E-state index is -1.17. The summed E-state index contributed by atoms with van der Waals surface area (Å²) in [6.07, 6.45) is 0. The number of thiazole rings is 1. The van der Waals surface area contributed by atoms with E-state index in [1.54, 1.807) is 43.5 Å². The largest absolute Gasteiger partial charge is 0.497 e. The molecule has 3 N–H and O–H groups in total. The molecule has 1 atom stereocenters. The Bertz CT molecular complexity index is 1690. The van der Waals surface area contributed by atoms with Crippen LogP contribution in [0, 0.1) is 0 Å². The van der Waals surface area contributed by atoms with Crippen LogP contribution in [-0.2, 0) is 4.79 Å². The number of carboxylic acids is 1. The predicted molar refractivity (Wildman–Crippen MR) is 158 cm³/mol. The number of anilines is 2. The number of aromatic carboxylic acids is 1. The number of aromatic nitrogens is 1. The molecule has 1 unspecified atom stereocenters. The van der Waals surface area contributed by atoms with Crippen molar-refractivity contribution in [3.63, 3.8) is 0 Å². The molecule has 0 aliphatic heterocycles. The molecule has 200 valence electrons. The van der Waals surface area contributed by atoms with E-state index in [1.807, 2.05) is 48.5 Å². The number of nitrogens with zero attached hydrogens (tertiary/aromatic N) is 1. The fraction of sp³-hybridized carbons (Fsp3) is 0.0667. The maximum atomic E-state index is 13.5. The first-order chi connectivity index (χ1) is 19.4. The van der Waals surface area contributed by atoms with Crippen LogP contribution in [0.25, 0.3) is 10.2 Å². The van der Waals surface area contributed by atoms with Gasteiger partial charge in [-0.15, -0.1) is 11.8 Å². The molecule has 0 bridgehead atoms. The lowest BCUT2D eigenvalue weighted by Crippen LogP contribution is -2.19. The summed E-state index contributed by atoms with van der Waals surface area (Å²) in [4.78, 5) is 43.0. The number of thioether (sulfide) groups is 1. The van der Waals surface area contributed by atoms with Crippen LogP contribution in [0.4, 0.5) is 10.8 Å². The van der Waals surface area contributed by atoms with Crippen molar-refractivity contribution in [3.05, 3.63) is 114 Å². The van der Waals surface area contributed by atoms with Crippen LogP contribution < -0.4 is 15.4 Å². The number of carbonyl (C=O) groups excluding carboxylic acids is 2. The summed E-state index contributed by atoms with van der Waals surface area (Å²) in [6, 6.07) is 28.1. The van der Waals surface area contributed by atoms with Crippen molar-refractivity contribution in [2.45, 2.75) is 10.1 Å². The molecule has 0 saturated heterocycles. The number of hydrogen-bond donors (Lipinski definition) is 3. The van der Waals surface area contributed by atoms with Crippen LogP contribution in [0.2, 0.25) is 0 Å². The first-order valence-electron chi connectivity index (χ1n) is 12.1. The van der Waals surface area contributed by atoms with Gasteiger partial charge < -0.3 is 20.5 Å². The lowest BCUT2D eigenvalue weighted by molar-refractivity contribution is -0.115. The fourth-order valence-electron chi connectivity index (χ4n) is 3.98. The van der Waals surface area contributed by atoms with E-state index in [-0.39, 0.29) is 17.0 Å². The molecule has 0 saturated carbocycles. The molecule has 10 heteroatoms. The van der Waals surface area contributed by atoms with Gasteiger partial charge in [-0.3, -0.25) is 9.59 Å². The van der Waals surface area contributed by atoms with E-state index in [1.165, 1.54) is 35.2 Å². The molecule has 0 aliphatic carbocycles. The van der Waals surface area contributed by atoms with Gasteiger partial charge in [0.2, 0.25) is 5.91 Å². The third-order valence-electron chi connectivity index (χ3n) is 5.93. The van der Waals surface area contributed by atoms with Crippen LogP contribution in [0.1, 0.15) is 31.5 Å². The van der Waals surface area contributed by atoms with Gasteiger partial charge in [0.05, 0.1) is 28.5 Å². The summed E-state index contributed by atoms with van der Waals surface area (Å²) in [5, 5.41) is 15.0. The zero-order valence-corrected chi connectivity index (χ0v) is 22.8. The van der Waals surface area contributed by atoms with Crippen molar-refractivity contribution in [3.8, 4) is 5.75 Å². The van der Waals surface area contributed by atoms with Crippen LogP contribution in [0.5, 0.6) is 5.75 Å². The second-order valence-electron chi connectivity index (χ2n) is 8.58. The number of fused-ring (bicyclic) bond motifs is 1. The summed E-state index contributed by atoms with van der Waals surface area (Å²) in [6.45, 7) is 0. The van der Waals surface area contributed by atoms with Crippen molar-refractivity contribution in [1.82, 2.24) is 4.98 Å². The van der Waals surface area contributed by atoms with E-state index >= 15 is 0 Å². The number of carboxylic acid groups (broad SMARTS) is 1. The van der Waals surface area contributed by atoms with E-state index in [2.05, 4.69) is 15.6 Å². The lowest BCUT2D eigenvalue weighted by Gasteiger charge is -2.16. The Kier molecular flexibility index (Phi) is 8.09. The van der Waals surface area contributed by atoms with Crippen molar-refractivity contribution in [2.75, 3.05) is 17.7 Å². The first-order valence-corrected chi connectivity index (χ1v) is 13.8. The number of carbonyl (C=O) groups is 3. The number of rotatable bonds is 9. The summed E-state index contributed by atoms with van der Waals surface area (Å²) in [7, 11) is 1.60. The second-order valence-corrected chi connectivity index (χ2v) is 10.8. The predicted octanol–water partition coefficient (Wildman–Crippen LogP) is 6.73. The molecule has 40 heavy (non-hydrogen) atoms. The van der Waals surface area contributed by atoms with Gasteiger partial charge in [-0.1, -0.05) is 53.8 Å². The minimum absolute atomic E-state index is 0.0718. The van der Waals surface area contributed by atoms with Gasteiger partial charge in [-0.2, -0.15) is 0 Å². The van der Waals surface area contributed by atoms with Crippen LogP contribution in [0.3, 0.4) is 0 Å². The Morgan fingerprint density at radius 1 is 0.875 bits per heavy atom. The Hall–Kier alpha value is -4.67. The molecule has 5 rings (SSSR count). The highest BCUT2D eigenvalue weighted by Gasteiger charge is 2.23. The quantitative estimate of drug-likeness (QED) is 0.169. The Labute approximate surface area is 238 Å². The highest BCUT2D eigenvalue weighted by Crippen LogP contribution is 2.38. The number of hydrogen-bond acceptors (Lipinski definition) is 7. The van der Waals surface area contributed by atoms with Crippen molar-refractivity contribution in [1.29, 1.82) is 0 Å². The normalized spacial score (nSPS) is 11.5. The number of nitrogens with one attached hydrogen (secondary N) is 2. The third kappa shape index (κ3) is 6.14. The molecular formula is C30H23N3O5S2. The van der Waals surface area contributed by atoms with Gasteiger partial charge in [0.25, 0.3) is 5.91 Å². The van der Waals surface area contributed by atoms with E-state index < -0.39 is 17.1 Å². The molecule has 1 aromatic heterocycles. The maximum Gasteiger partial charge on any atom is 0.336 e. The van der Waals surface area contributed by atoms with E-state index in [0.717, 1.165) is 26.4 Å². The zero-order chi connectivity index (χ0) is 28.1. The topological polar surface area (TPSA) is 118 Å². The molecule has 0 spiro atoms. The van der Waals surface area contributed by atoms with Gasteiger partial charge in [0, 0.05) is 10.6 Å². The maximum absolute atomic E-state index is 13.5. The number of ether oxygens (including phenoxy) is 1. The monoisotopic (exact) mass is 569 g/mol. The van der Waals surface area contributed by atoms with Crippen LogP contribution in [-0.4, -0.2) is 35.0 Å². The van der Waals surface area contributed by atoms with E-state index in [9.17, 15) is 19.5 Å². The molecule has 0 radical (unpaired) electrons. The summed E-state index contributed by atoms with van der Waals surface area (Å²) < 4.78 is 6.19. The summed E-state index contributed by atoms with van der Waals surface area (Å²) >= 11 is 2.74. The summed E-state index contributed by atoms with van der Waals surface area (Å²) in [5.74, 6) is -1.19. The van der Waals surface area contributed by atoms with Gasteiger partial charge in [-0.25, -0.2) is 9.78 Å². The molecule has 0 fully saturated rings. The number of methoxy groups -OCH3 is 1. The molecule has 5 aromatic rings. The Morgan fingerprint density at radius 3 is 2.27 bits per heavy atom. The van der Waals surface area contributed by atoms with Crippen molar-refractivity contribution >= 4 is 61.9 Å². The average Bonchev–Trinajstić information content (AvgIpc) is 3.38.